The highest BCUT2D eigenvalue weighted by Crippen LogP contribution is 2.44. The van der Waals surface area contributed by atoms with E-state index < -0.39 is 8.32 Å². The van der Waals surface area contributed by atoms with Crippen molar-refractivity contribution < 1.29 is 71.3 Å². The standard InChI is InChI=1S/C27H50O7Si.C21H36O7.C4H8O.CH4/c1-20(28)33-23-18-24(34-26-16-12-13-17-31-26)22(19-32-35(6,7)27(2,3)4)21(23)14-10-8-9-11-15-25(29)30-5;1-15(23)27-18-13-19(28-21-11-7-8-12-26-21)17(14-22)16(18)9-5-3-4-6-10-20(24)25-2;1-2-4-5-3-1;/h21-24,26H,8-19H2,1-7H3;16-19,21-22H,3-14H2,1-2H3;1-4H2;1H4/t21?,22-,23+,24-,26?;16?,17-,18+,19-,21?;;/m11../s1. The minimum atomic E-state index is -1.94. The van der Waals surface area contributed by atoms with Crippen LogP contribution in [-0.2, 0) is 66.2 Å². The van der Waals surface area contributed by atoms with Crippen molar-refractivity contribution in [2.75, 3.05) is 53.9 Å². The fourth-order valence-corrected chi connectivity index (χ4v) is 10.9. The molecular formula is C53H98O15Si. The van der Waals surface area contributed by atoms with E-state index in [-0.39, 0.29) is 104 Å². The molecule has 0 bridgehead atoms. The van der Waals surface area contributed by atoms with Gasteiger partial charge in [0.1, 0.15) is 12.2 Å². The lowest BCUT2D eigenvalue weighted by Crippen LogP contribution is -2.44. The van der Waals surface area contributed by atoms with Gasteiger partial charge in [0.25, 0.3) is 0 Å². The Bertz CT molecular complexity index is 1400. The average Bonchev–Trinajstić information content (AvgIpc) is 4.06. The Labute approximate surface area is 418 Å². The van der Waals surface area contributed by atoms with Crippen LogP contribution in [0.1, 0.15) is 183 Å². The number of unbranched alkanes of at least 4 members (excludes halogenated alkanes) is 6. The fourth-order valence-electron chi connectivity index (χ4n) is 9.82. The molecule has 3 aliphatic heterocycles. The zero-order chi connectivity index (χ0) is 50.0. The quantitative estimate of drug-likeness (QED) is 0.0417. The normalized spacial score (nSPS) is 28.0. The van der Waals surface area contributed by atoms with Crippen molar-refractivity contribution in [3.63, 3.8) is 0 Å². The van der Waals surface area contributed by atoms with Crippen LogP contribution in [0.2, 0.25) is 18.1 Å². The van der Waals surface area contributed by atoms with Crippen LogP contribution in [0.15, 0.2) is 0 Å². The third kappa shape index (κ3) is 23.9. The first-order valence-corrected chi connectivity index (χ1v) is 29.2. The maximum absolute atomic E-state index is 11.9. The number of esters is 4. The van der Waals surface area contributed by atoms with E-state index in [2.05, 4.69) is 38.6 Å². The highest BCUT2D eigenvalue weighted by Gasteiger charge is 2.49. The molecule has 2 saturated carbocycles. The van der Waals surface area contributed by atoms with Gasteiger partial charge in [0, 0.05) is 103 Å². The Balaban J connectivity index is 0.000000430. The molecule has 10 atom stereocenters. The average molecular weight is 1000 g/mol. The highest BCUT2D eigenvalue weighted by atomic mass is 28.4. The number of hydrogen-bond donors (Lipinski definition) is 1. The lowest BCUT2D eigenvalue weighted by Gasteiger charge is -2.39. The monoisotopic (exact) mass is 1000 g/mol. The van der Waals surface area contributed by atoms with Gasteiger partial charge in [-0.25, -0.2) is 0 Å². The maximum Gasteiger partial charge on any atom is 0.305 e. The minimum Gasteiger partial charge on any atom is -0.469 e. The lowest BCUT2D eigenvalue weighted by molar-refractivity contribution is -0.198. The maximum atomic E-state index is 11.9. The van der Waals surface area contributed by atoms with Crippen molar-refractivity contribution in [1.29, 1.82) is 0 Å². The number of rotatable bonds is 24. The van der Waals surface area contributed by atoms with E-state index >= 15 is 0 Å². The van der Waals surface area contributed by atoms with Crippen LogP contribution in [0.5, 0.6) is 0 Å². The molecule has 0 aromatic heterocycles. The molecule has 404 valence electrons. The highest BCUT2D eigenvalue weighted by molar-refractivity contribution is 6.74. The van der Waals surface area contributed by atoms with Gasteiger partial charge in [-0.3, -0.25) is 19.2 Å². The van der Waals surface area contributed by atoms with Crippen LogP contribution < -0.4 is 0 Å². The molecule has 5 fully saturated rings. The number of aliphatic hydroxyl groups excluding tert-OH is 1. The van der Waals surface area contributed by atoms with E-state index in [1.54, 1.807) is 0 Å². The molecule has 1 N–H and O–H groups in total. The van der Waals surface area contributed by atoms with E-state index in [9.17, 15) is 24.3 Å². The first kappa shape index (κ1) is 62.9. The summed E-state index contributed by atoms with van der Waals surface area (Å²) in [5, 5.41) is 10.1. The molecule has 5 rings (SSSR count). The Morgan fingerprint density at radius 1 is 0.580 bits per heavy atom. The van der Waals surface area contributed by atoms with E-state index in [0.717, 1.165) is 123 Å². The molecule has 2 aliphatic carbocycles. The molecule has 16 heteroatoms. The summed E-state index contributed by atoms with van der Waals surface area (Å²) in [6.07, 6.45) is 19.4. The van der Waals surface area contributed by atoms with Gasteiger partial charge in [-0.1, -0.05) is 66.7 Å². The fraction of sp³-hybridized carbons (Fsp3) is 0.925. The molecule has 0 spiro atoms. The zero-order valence-electron chi connectivity index (χ0n) is 43.7. The largest absolute Gasteiger partial charge is 0.469 e. The van der Waals surface area contributed by atoms with Gasteiger partial charge in [-0.2, -0.15) is 0 Å². The summed E-state index contributed by atoms with van der Waals surface area (Å²) in [5.41, 5.74) is 0. The number of carbonyl (C=O) groups excluding carboxylic acids is 4. The molecule has 3 saturated heterocycles. The van der Waals surface area contributed by atoms with Crippen molar-refractivity contribution in [3.8, 4) is 0 Å². The van der Waals surface area contributed by atoms with Crippen LogP contribution in [-0.4, -0.2) is 128 Å². The first-order valence-electron chi connectivity index (χ1n) is 26.3. The number of ether oxygens (including phenoxy) is 9. The number of methoxy groups -OCH3 is 2. The Morgan fingerprint density at radius 3 is 1.36 bits per heavy atom. The predicted octanol–water partition coefficient (Wildman–Crippen LogP) is 10.4. The molecule has 3 heterocycles. The summed E-state index contributed by atoms with van der Waals surface area (Å²) in [7, 11) is 0.898. The van der Waals surface area contributed by atoms with Crippen molar-refractivity contribution in [2.45, 2.75) is 238 Å². The Kier molecular flexibility index (Phi) is 31.3. The van der Waals surface area contributed by atoms with Crippen molar-refractivity contribution >= 4 is 32.2 Å². The van der Waals surface area contributed by atoms with Gasteiger partial charge in [-0.05, 0) is 95.2 Å². The molecule has 69 heavy (non-hydrogen) atoms. The zero-order valence-corrected chi connectivity index (χ0v) is 44.7. The molecule has 4 unspecified atom stereocenters. The smallest absolute Gasteiger partial charge is 0.305 e. The second-order valence-corrected chi connectivity index (χ2v) is 25.8. The summed E-state index contributed by atoms with van der Waals surface area (Å²) < 4.78 is 56.7. The predicted molar refractivity (Wildman–Crippen MR) is 268 cm³/mol. The van der Waals surface area contributed by atoms with Crippen molar-refractivity contribution in [1.82, 2.24) is 0 Å². The third-order valence-corrected chi connectivity index (χ3v) is 19.3. The summed E-state index contributed by atoms with van der Waals surface area (Å²) >= 11 is 0. The van der Waals surface area contributed by atoms with Gasteiger partial charge in [0.05, 0.1) is 26.4 Å². The van der Waals surface area contributed by atoms with Gasteiger partial charge < -0.3 is 52.2 Å². The Morgan fingerprint density at radius 2 is 1.00 bits per heavy atom. The van der Waals surface area contributed by atoms with Crippen LogP contribution in [0.3, 0.4) is 0 Å². The van der Waals surface area contributed by atoms with Gasteiger partial charge in [0.15, 0.2) is 20.9 Å². The summed E-state index contributed by atoms with van der Waals surface area (Å²) in [6, 6.07) is 0. The molecule has 0 aromatic carbocycles. The third-order valence-electron chi connectivity index (χ3n) is 14.8. The molecule has 0 radical (unpaired) electrons. The van der Waals surface area contributed by atoms with E-state index in [1.807, 2.05) is 0 Å². The second-order valence-electron chi connectivity index (χ2n) is 21.0. The summed E-state index contributed by atoms with van der Waals surface area (Å²) in [4.78, 5) is 46.0. The lowest BCUT2D eigenvalue weighted by atomic mass is 9.89. The molecule has 0 amide bonds. The van der Waals surface area contributed by atoms with Gasteiger partial charge in [0.2, 0.25) is 0 Å². The molecule has 5 aliphatic rings. The van der Waals surface area contributed by atoms with E-state index in [1.165, 1.54) is 40.9 Å². The van der Waals surface area contributed by atoms with E-state index in [0.29, 0.717) is 38.9 Å². The summed E-state index contributed by atoms with van der Waals surface area (Å²) in [5.74, 6) is -0.463. The number of hydrogen-bond acceptors (Lipinski definition) is 15. The SMILES string of the molecule is C.C1CCOC1.COC(=O)CCCCCCC1[C@@H](OC(C)=O)C[C@@H](OC2CCCCO2)[C@@H]1CO.COC(=O)CCCCCCC1[C@@H](OC(C)=O)C[C@@H](OC2CCCCO2)[C@@H]1CO[Si](C)(C)C(C)(C)C. The topological polar surface area (TPSA) is 181 Å². The van der Waals surface area contributed by atoms with Gasteiger partial charge in [-0.15, -0.1) is 0 Å². The molecular weight excluding hydrogens is 905 g/mol. The van der Waals surface area contributed by atoms with Crippen molar-refractivity contribution in [2.24, 2.45) is 23.7 Å². The van der Waals surface area contributed by atoms with Gasteiger partial charge >= 0.3 is 23.9 Å². The molecule has 15 nitrogen and oxygen atoms in total. The summed E-state index contributed by atoms with van der Waals surface area (Å²) in [6.45, 7) is 18.3. The Hall–Kier alpha value is -2.18. The second kappa shape index (κ2) is 34.3. The van der Waals surface area contributed by atoms with Crippen LogP contribution in [0.25, 0.3) is 0 Å². The molecule has 0 aromatic rings. The van der Waals surface area contributed by atoms with Crippen molar-refractivity contribution in [3.05, 3.63) is 0 Å². The first-order chi connectivity index (χ1) is 32.5. The van der Waals surface area contributed by atoms with E-state index in [4.69, 9.17) is 42.3 Å². The van der Waals surface area contributed by atoms with Crippen LogP contribution in [0, 0.1) is 23.7 Å². The number of aliphatic hydroxyl groups is 1. The van der Waals surface area contributed by atoms with Crippen LogP contribution in [0.4, 0.5) is 0 Å². The number of carbonyl (C=O) groups is 4. The van der Waals surface area contributed by atoms with Crippen LogP contribution >= 0.6 is 0 Å². The minimum absolute atomic E-state index is 0.